The molecule has 130 valence electrons. The largest absolute Gasteiger partial charge is 0.548 e. The number of nitrogens with zero attached hydrogens (tertiary/aromatic N) is 2. The van der Waals surface area contributed by atoms with Crippen LogP contribution in [-0.4, -0.2) is 76.3 Å². The fourth-order valence-corrected chi connectivity index (χ4v) is 6.19. The van der Waals surface area contributed by atoms with Gasteiger partial charge < -0.3 is 24.4 Å². The lowest BCUT2D eigenvalue weighted by atomic mass is 9.91. The average Bonchev–Trinajstić information content (AvgIpc) is 3.07. The van der Waals surface area contributed by atoms with E-state index in [1.54, 1.807) is 11.8 Å². The fourth-order valence-electron chi connectivity index (χ4n) is 4.33. The van der Waals surface area contributed by atoms with Gasteiger partial charge in [-0.1, -0.05) is 0 Å². The van der Waals surface area contributed by atoms with Crippen LogP contribution >= 0.6 is 11.8 Å². The third kappa shape index (κ3) is 3.10. The molecule has 3 saturated heterocycles. The van der Waals surface area contributed by atoms with Crippen LogP contribution in [-0.2, 0) is 9.59 Å². The van der Waals surface area contributed by atoms with Crippen LogP contribution in [0.3, 0.4) is 0 Å². The molecule has 0 aromatic rings. The highest BCUT2D eigenvalue weighted by Gasteiger charge is 2.57. The smallest absolute Gasteiger partial charge is 0.230 e. The van der Waals surface area contributed by atoms with Gasteiger partial charge in [0.15, 0.2) is 0 Å². The second kappa shape index (κ2) is 6.61. The van der Waals surface area contributed by atoms with Gasteiger partial charge >= 0.3 is 0 Å². The average molecular weight is 342 g/mol. The summed E-state index contributed by atoms with van der Waals surface area (Å²) in [5, 5.41) is 20.4. The molecule has 23 heavy (non-hydrogen) atoms. The van der Waals surface area contributed by atoms with Gasteiger partial charge in [0, 0.05) is 24.7 Å². The summed E-state index contributed by atoms with van der Waals surface area (Å²) in [5.41, 5.74) is 0. The maximum Gasteiger partial charge on any atom is 0.230 e. The molecule has 0 saturated carbocycles. The van der Waals surface area contributed by atoms with Crippen LogP contribution in [0.25, 0.3) is 0 Å². The van der Waals surface area contributed by atoms with Gasteiger partial charge in [0.25, 0.3) is 0 Å². The number of β-lactam (4-membered cyclic amide) rings is 1. The van der Waals surface area contributed by atoms with Gasteiger partial charge in [-0.25, -0.2) is 0 Å². The molecule has 3 fully saturated rings. The summed E-state index contributed by atoms with van der Waals surface area (Å²) in [6, 6.07) is -0.795. The second-order valence-corrected chi connectivity index (χ2v) is 8.69. The van der Waals surface area contributed by atoms with Crippen molar-refractivity contribution in [1.82, 2.24) is 4.90 Å². The first-order valence-corrected chi connectivity index (χ1v) is 9.54. The van der Waals surface area contributed by atoms with Crippen molar-refractivity contribution in [3.05, 3.63) is 0 Å². The predicted molar refractivity (Wildman–Crippen MR) is 85.3 cm³/mol. The lowest BCUT2D eigenvalue weighted by Gasteiger charge is -2.44. The Bertz CT molecular complexity index is 481. The van der Waals surface area contributed by atoms with Crippen LogP contribution in [0.4, 0.5) is 0 Å². The Hall–Kier alpha value is -0.790. The molecule has 0 aliphatic carbocycles. The van der Waals surface area contributed by atoms with E-state index in [4.69, 9.17) is 5.11 Å². The van der Waals surface area contributed by atoms with Crippen LogP contribution in [0, 0.1) is 5.92 Å². The molecule has 0 radical (unpaired) electrons. The first-order chi connectivity index (χ1) is 11.0. The highest BCUT2D eigenvalue weighted by Crippen LogP contribution is 2.49. The monoisotopic (exact) mass is 342 g/mol. The number of carboxylic acid groups (broad SMARTS) is 1. The minimum Gasteiger partial charge on any atom is -0.548 e. The lowest BCUT2D eigenvalue weighted by molar-refractivity contribution is -0.897. The number of hydrogen-bond donors (Lipinski definition) is 1. The van der Waals surface area contributed by atoms with E-state index >= 15 is 0 Å². The molecule has 1 amide bonds. The van der Waals surface area contributed by atoms with E-state index in [0.717, 1.165) is 23.9 Å². The van der Waals surface area contributed by atoms with E-state index in [9.17, 15) is 14.7 Å². The van der Waals surface area contributed by atoms with Crippen LogP contribution in [0.5, 0.6) is 0 Å². The van der Waals surface area contributed by atoms with Crippen molar-refractivity contribution in [1.29, 1.82) is 0 Å². The number of aliphatic hydroxyl groups excluding tert-OH is 1. The van der Waals surface area contributed by atoms with Crippen molar-refractivity contribution in [2.45, 2.75) is 48.8 Å². The van der Waals surface area contributed by atoms with Gasteiger partial charge in [0.2, 0.25) is 5.91 Å². The number of hydrogen-bond acceptors (Lipinski definition) is 5. The Labute approximate surface area is 141 Å². The minimum absolute atomic E-state index is 0.0300. The zero-order valence-corrected chi connectivity index (χ0v) is 14.5. The molecule has 2 unspecified atom stereocenters. The molecule has 0 spiro atoms. The van der Waals surface area contributed by atoms with Gasteiger partial charge in [-0.3, -0.25) is 4.79 Å². The Morgan fingerprint density at radius 1 is 1.39 bits per heavy atom. The first-order valence-electron chi connectivity index (χ1n) is 8.60. The summed E-state index contributed by atoms with van der Waals surface area (Å²) < 4.78 is 1.09. The molecule has 3 aliphatic rings. The van der Waals surface area contributed by atoms with E-state index < -0.39 is 12.0 Å². The Morgan fingerprint density at radius 2 is 2.09 bits per heavy atom. The van der Waals surface area contributed by atoms with Gasteiger partial charge in [-0.05, 0) is 19.3 Å². The molecular weight excluding hydrogens is 316 g/mol. The third-order valence-electron chi connectivity index (χ3n) is 5.67. The van der Waals surface area contributed by atoms with E-state index in [1.165, 1.54) is 30.8 Å². The normalized spacial score (nSPS) is 35.2. The van der Waals surface area contributed by atoms with Gasteiger partial charge in [0.1, 0.15) is 0 Å². The standard InChI is InChI=1S/C16H26N2O4S/c1-18(7-2-3-8-18)9-4-5-12-13(16(21)22)17-14(20)11(6-10-19)15(17)23-12/h11-13,15,19H,2-10H2,1H3/t11-,12?,13?,15+/m0/s1. The first kappa shape index (κ1) is 17.0. The number of rotatable bonds is 7. The number of likely N-dealkylation sites (tertiary alicyclic amines) is 1. The topological polar surface area (TPSA) is 80.7 Å². The maximum atomic E-state index is 12.1. The van der Waals surface area contributed by atoms with Crippen molar-refractivity contribution in [2.75, 3.05) is 33.3 Å². The lowest BCUT2D eigenvalue weighted by Crippen LogP contribution is -2.63. The van der Waals surface area contributed by atoms with Crippen LogP contribution < -0.4 is 5.11 Å². The van der Waals surface area contributed by atoms with E-state index in [1.807, 2.05) is 0 Å². The molecule has 3 heterocycles. The summed E-state index contributed by atoms with van der Waals surface area (Å²) in [5.74, 6) is -1.49. The summed E-state index contributed by atoms with van der Waals surface area (Å²) in [7, 11) is 2.28. The summed E-state index contributed by atoms with van der Waals surface area (Å²) in [6.07, 6.45) is 4.78. The molecule has 0 aromatic heterocycles. The molecular formula is C16H26N2O4S. The fraction of sp³-hybridized carbons (Fsp3) is 0.875. The van der Waals surface area contributed by atoms with Crippen LogP contribution in [0.15, 0.2) is 0 Å². The molecule has 0 aromatic carbocycles. The number of carbonyl (C=O) groups excluding carboxylic acids is 2. The van der Waals surface area contributed by atoms with E-state index in [-0.39, 0.29) is 29.1 Å². The summed E-state index contributed by atoms with van der Waals surface area (Å²) in [6.45, 7) is 3.48. The Balaban J connectivity index is 1.58. The van der Waals surface area contributed by atoms with Gasteiger partial charge in [0.05, 0.1) is 50.0 Å². The number of carbonyl (C=O) groups is 2. The zero-order chi connectivity index (χ0) is 16.6. The Morgan fingerprint density at radius 3 is 2.70 bits per heavy atom. The maximum absolute atomic E-state index is 12.1. The van der Waals surface area contributed by atoms with Gasteiger partial charge in [-0.2, -0.15) is 0 Å². The number of fused-ring (bicyclic) bond motifs is 1. The number of thioether (sulfide) groups is 1. The van der Waals surface area contributed by atoms with E-state index in [2.05, 4.69) is 7.05 Å². The molecule has 4 atom stereocenters. The van der Waals surface area contributed by atoms with Gasteiger partial charge in [-0.15, -0.1) is 11.8 Å². The predicted octanol–water partition coefficient (Wildman–Crippen LogP) is -0.592. The number of aliphatic hydroxyl groups is 1. The highest BCUT2D eigenvalue weighted by molar-refractivity contribution is 8.01. The molecule has 0 bridgehead atoms. The molecule has 3 aliphatic heterocycles. The number of quaternary nitrogens is 1. The molecule has 1 N–H and O–H groups in total. The molecule has 6 nitrogen and oxygen atoms in total. The summed E-state index contributed by atoms with van der Waals surface area (Å²) in [4.78, 5) is 25.1. The van der Waals surface area contributed by atoms with Crippen molar-refractivity contribution in [2.24, 2.45) is 5.92 Å². The van der Waals surface area contributed by atoms with Crippen molar-refractivity contribution in [3.63, 3.8) is 0 Å². The zero-order valence-electron chi connectivity index (χ0n) is 13.6. The van der Waals surface area contributed by atoms with E-state index in [0.29, 0.717) is 6.42 Å². The van der Waals surface area contributed by atoms with Crippen LogP contribution in [0.2, 0.25) is 0 Å². The quantitative estimate of drug-likeness (QED) is 0.494. The second-order valence-electron chi connectivity index (χ2n) is 7.33. The van der Waals surface area contributed by atoms with Crippen molar-refractivity contribution >= 4 is 23.6 Å². The molecule has 7 heteroatoms. The SMILES string of the molecule is C[N+]1(CCCC2S[C@@H]3[C@@H](CCO)C(=O)N3C2C(=O)[O-])CCCC1. The summed E-state index contributed by atoms with van der Waals surface area (Å²) >= 11 is 1.60. The minimum atomic E-state index is -1.14. The third-order valence-corrected chi connectivity index (χ3v) is 7.35. The Kier molecular flexibility index (Phi) is 4.90. The number of amides is 1. The van der Waals surface area contributed by atoms with Crippen molar-refractivity contribution in [3.8, 4) is 0 Å². The van der Waals surface area contributed by atoms with Crippen LogP contribution in [0.1, 0.15) is 32.1 Å². The number of aliphatic carboxylic acids is 1. The highest BCUT2D eigenvalue weighted by atomic mass is 32.2. The number of carboxylic acids is 1. The molecule has 3 rings (SSSR count). The van der Waals surface area contributed by atoms with Crippen molar-refractivity contribution < 1.29 is 24.3 Å².